The van der Waals surface area contributed by atoms with Crippen LogP contribution < -0.4 is 0 Å². The molecule has 0 bridgehead atoms. The number of carbonyl (C=O) groups excluding carboxylic acids is 1. The standard InChI is InChI=1S/C8H8O2S/c9-5-8(10)6-1-3-7(11)4-2-6/h1-4,9,11H,5H2. The summed E-state index contributed by atoms with van der Waals surface area (Å²) >= 11 is 4.06. The minimum atomic E-state index is -0.439. The van der Waals surface area contributed by atoms with Crippen molar-refractivity contribution >= 4 is 18.4 Å². The number of Topliss-reactive ketones (excluding diaryl/α,β-unsaturated/α-hetero) is 1. The summed E-state index contributed by atoms with van der Waals surface area (Å²) in [5, 5.41) is 8.49. The van der Waals surface area contributed by atoms with Crippen LogP contribution in [0, 0.1) is 0 Å². The van der Waals surface area contributed by atoms with Crippen molar-refractivity contribution in [3.8, 4) is 0 Å². The fraction of sp³-hybridized carbons (Fsp3) is 0.125. The summed E-state index contributed by atoms with van der Waals surface area (Å²) in [7, 11) is 0. The molecule has 1 aromatic rings. The Hall–Kier alpha value is -0.800. The van der Waals surface area contributed by atoms with Crippen LogP contribution in [-0.4, -0.2) is 17.5 Å². The molecule has 1 rings (SSSR count). The third-order valence-corrected chi connectivity index (χ3v) is 1.63. The number of aliphatic hydroxyl groups excluding tert-OH is 1. The summed E-state index contributed by atoms with van der Waals surface area (Å²) in [6, 6.07) is 6.71. The zero-order valence-corrected chi connectivity index (χ0v) is 6.71. The lowest BCUT2D eigenvalue weighted by Gasteiger charge is -1.95. The zero-order chi connectivity index (χ0) is 8.27. The van der Waals surface area contributed by atoms with Gasteiger partial charge in [0.1, 0.15) is 6.61 Å². The Labute approximate surface area is 70.3 Å². The van der Waals surface area contributed by atoms with Crippen molar-refractivity contribution in [2.24, 2.45) is 0 Å². The highest BCUT2D eigenvalue weighted by Gasteiger charge is 2.01. The second-order valence-electron chi connectivity index (χ2n) is 2.13. The van der Waals surface area contributed by atoms with Gasteiger partial charge in [0.2, 0.25) is 0 Å². The van der Waals surface area contributed by atoms with Crippen molar-refractivity contribution in [3.05, 3.63) is 29.8 Å². The average molecular weight is 168 g/mol. The minimum absolute atomic E-state index is 0.265. The summed E-state index contributed by atoms with van der Waals surface area (Å²) < 4.78 is 0. The van der Waals surface area contributed by atoms with Gasteiger partial charge in [0, 0.05) is 10.5 Å². The highest BCUT2D eigenvalue weighted by Crippen LogP contribution is 2.07. The Kier molecular flexibility index (Phi) is 2.68. The molecule has 58 valence electrons. The molecule has 0 spiro atoms. The van der Waals surface area contributed by atoms with E-state index in [0.29, 0.717) is 5.56 Å². The van der Waals surface area contributed by atoms with Crippen LogP contribution >= 0.6 is 12.6 Å². The third-order valence-electron chi connectivity index (χ3n) is 1.33. The van der Waals surface area contributed by atoms with E-state index < -0.39 is 6.61 Å². The highest BCUT2D eigenvalue weighted by molar-refractivity contribution is 7.80. The normalized spacial score (nSPS) is 9.64. The molecule has 1 aromatic carbocycles. The van der Waals surface area contributed by atoms with Crippen LogP contribution in [0.5, 0.6) is 0 Å². The lowest BCUT2D eigenvalue weighted by atomic mass is 10.1. The van der Waals surface area contributed by atoms with Gasteiger partial charge in [-0.3, -0.25) is 4.79 Å². The van der Waals surface area contributed by atoms with Gasteiger partial charge in [-0.1, -0.05) is 12.1 Å². The first-order valence-electron chi connectivity index (χ1n) is 3.17. The van der Waals surface area contributed by atoms with E-state index in [1.54, 1.807) is 24.3 Å². The minimum Gasteiger partial charge on any atom is -0.388 e. The molecule has 0 amide bonds. The van der Waals surface area contributed by atoms with Crippen LogP contribution in [0.15, 0.2) is 29.2 Å². The van der Waals surface area contributed by atoms with Crippen molar-refractivity contribution in [2.45, 2.75) is 4.90 Å². The lowest BCUT2D eigenvalue weighted by molar-refractivity contribution is 0.0903. The molecule has 0 atom stereocenters. The maximum absolute atomic E-state index is 10.8. The number of carbonyl (C=O) groups is 1. The van der Waals surface area contributed by atoms with E-state index in [1.807, 2.05) is 0 Å². The number of hydrogen-bond donors (Lipinski definition) is 2. The van der Waals surface area contributed by atoms with Gasteiger partial charge in [-0.05, 0) is 12.1 Å². The van der Waals surface area contributed by atoms with Crippen molar-refractivity contribution in [2.75, 3.05) is 6.61 Å². The highest BCUT2D eigenvalue weighted by atomic mass is 32.1. The number of aliphatic hydroxyl groups is 1. The van der Waals surface area contributed by atoms with E-state index in [-0.39, 0.29) is 5.78 Å². The predicted molar refractivity (Wildman–Crippen MR) is 45.1 cm³/mol. The molecule has 0 aliphatic carbocycles. The van der Waals surface area contributed by atoms with Gasteiger partial charge in [0.05, 0.1) is 0 Å². The molecule has 2 nitrogen and oxygen atoms in total. The summed E-state index contributed by atoms with van der Waals surface area (Å²) in [6.45, 7) is -0.439. The molecular weight excluding hydrogens is 160 g/mol. The second kappa shape index (κ2) is 3.55. The molecule has 0 unspecified atom stereocenters. The van der Waals surface area contributed by atoms with Gasteiger partial charge in [0.25, 0.3) is 0 Å². The molecule has 11 heavy (non-hydrogen) atoms. The molecule has 0 saturated carbocycles. The first-order chi connectivity index (χ1) is 5.24. The maximum atomic E-state index is 10.8. The van der Waals surface area contributed by atoms with Crippen molar-refractivity contribution in [1.82, 2.24) is 0 Å². The quantitative estimate of drug-likeness (QED) is 0.513. The molecule has 3 heteroatoms. The SMILES string of the molecule is O=C(CO)c1ccc(S)cc1. The largest absolute Gasteiger partial charge is 0.388 e. The van der Waals surface area contributed by atoms with E-state index in [0.717, 1.165) is 4.90 Å². The Morgan fingerprint density at radius 1 is 1.36 bits per heavy atom. The van der Waals surface area contributed by atoms with Crippen molar-refractivity contribution < 1.29 is 9.90 Å². The first kappa shape index (κ1) is 8.30. The first-order valence-corrected chi connectivity index (χ1v) is 3.62. The van der Waals surface area contributed by atoms with Crippen LogP contribution in [0.2, 0.25) is 0 Å². The third kappa shape index (κ3) is 2.06. The number of thiol groups is 1. The Bertz CT molecular complexity index is 253. The van der Waals surface area contributed by atoms with Gasteiger partial charge in [-0.2, -0.15) is 0 Å². The van der Waals surface area contributed by atoms with Crippen LogP contribution in [0.4, 0.5) is 0 Å². The molecule has 0 aliphatic rings. The van der Waals surface area contributed by atoms with Gasteiger partial charge < -0.3 is 5.11 Å². The number of hydrogen-bond acceptors (Lipinski definition) is 3. The molecule has 1 N–H and O–H groups in total. The monoisotopic (exact) mass is 168 g/mol. The Morgan fingerprint density at radius 2 is 1.91 bits per heavy atom. The van der Waals surface area contributed by atoms with Crippen molar-refractivity contribution in [3.63, 3.8) is 0 Å². The van der Waals surface area contributed by atoms with E-state index in [4.69, 9.17) is 5.11 Å². The Morgan fingerprint density at radius 3 is 2.36 bits per heavy atom. The fourth-order valence-electron chi connectivity index (χ4n) is 0.739. The summed E-state index contributed by atoms with van der Waals surface area (Å²) in [4.78, 5) is 11.7. The predicted octanol–water partition coefficient (Wildman–Crippen LogP) is 1.15. The van der Waals surface area contributed by atoms with Gasteiger partial charge in [-0.25, -0.2) is 0 Å². The van der Waals surface area contributed by atoms with Crippen LogP contribution in [0.1, 0.15) is 10.4 Å². The number of ketones is 1. The van der Waals surface area contributed by atoms with Crippen LogP contribution in [-0.2, 0) is 0 Å². The Balaban J connectivity index is 2.90. The molecule has 0 saturated heterocycles. The summed E-state index contributed by atoms with van der Waals surface area (Å²) in [5.74, 6) is -0.265. The number of rotatable bonds is 2. The van der Waals surface area contributed by atoms with E-state index in [9.17, 15) is 4.79 Å². The average Bonchev–Trinajstić information content (AvgIpc) is 2.05. The maximum Gasteiger partial charge on any atom is 0.188 e. The molecule has 0 radical (unpaired) electrons. The van der Waals surface area contributed by atoms with Gasteiger partial charge in [-0.15, -0.1) is 12.6 Å². The molecule has 0 heterocycles. The van der Waals surface area contributed by atoms with E-state index in [2.05, 4.69) is 12.6 Å². The second-order valence-corrected chi connectivity index (χ2v) is 2.64. The fourth-order valence-corrected chi connectivity index (χ4v) is 0.888. The smallest absolute Gasteiger partial charge is 0.188 e. The van der Waals surface area contributed by atoms with Crippen molar-refractivity contribution in [1.29, 1.82) is 0 Å². The van der Waals surface area contributed by atoms with E-state index in [1.165, 1.54) is 0 Å². The zero-order valence-electron chi connectivity index (χ0n) is 5.82. The summed E-state index contributed by atoms with van der Waals surface area (Å²) in [6.07, 6.45) is 0. The molecule has 0 aromatic heterocycles. The van der Waals surface area contributed by atoms with Gasteiger partial charge in [0.15, 0.2) is 5.78 Å². The van der Waals surface area contributed by atoms with Crippen LogP contribution in [0.25, 0.3) is 0 Å². The molecular formula is C8H8O2S. The van der Waals surface area contributed by atoms with Gasteiger partial charge >= 0.3 is 0 Å². The molecule has 0 aliphatic heterocycles. The molecule has 0 fully saturated rings. The summed E-state index contributed by atoms with van der Waals surface area (Å²) in [5.41, 5.74) is 0.519. The van der Waals surface area contributed by atoms with E-state index >= 15 is 0 Å². The topological polar surface area (TPSA) is 37.3 Å². The van der Waals surface area contributed by atoms with Crippen LogP contribution in [0.3, 0.4) is 0 Å². The lowest BCUT2D eigenvalue weighted by Crippen LogP contribution is -2.03. The number of benzene rings is 1.